The van der Waals surface area contributed by atoms with E-state index in [9.17, 15) is 9.36 Å². The van der Waals surface area contributed by atoms with Crippen molar-refractivity contribution < 1.29 is 14.1 Å². The van der Waals surface area contributed by atoms with Gasteiger partial charge in [0.2, 0.25) is 0 Å². The van der Waals surface area contributed by atoms with Gasteiger partial charge in [-0.2, -0.15) is 0 Å². The number of methoxy groups -OCH3 is 1. The molecule has 0 aliphatic heterocycles. The van der Waals surface area contributed by atoms with Crippen molar-refractivity contribution in [2.45, 2.75) is 26.4 Å². The molecule has 128 valence electrons. The highest BCUT2D eigenvalue weighted by Gasteiger charge is 2.37. The molecule has 0 aliphatic rings. The van der Waals surface area contributed by atoms with Crippen molar-refractivity contribution in [3.8, 4) is 0 Å². The monoisotopic (exact) mass is 345 g/mol. The highest BCUT2D eigenvalue weighted by molar-refractivity contribution is 7.69. The maximum atomic E-state index is 13.9. The average Bonchev–Trinajstić information content (AvgIpc) is 2.65. The molecule has 2 rings (SSSR count). The highest BCUT2D eigenvalue weighted by Crippen LogP contribution is 2.50. The van der Waals surface area contributed by atoms with Gasteiger partial charge in [0.15, 0.2) is 7.29 Å². The first-order valence-electron chi connectivity index (χ1n) is 8.06. The molecule has 1 unspecified atom stereocenters. The van der Waals surface area contributed by atoms with Crippen molar-refractivity contribution in [3.05, 3.63) is 66.2 Å². The van der Waals surface area contributed by atoms with Crippen molar-refractivity contribution in [3.63, 3.8) is 0 Å². The fraction of sp³-hybridized carbons (Fsp3) is 0.316. The van der Waals surface area contributed by atoms with Crippen LogP contribution < -0.4 is 5.30 Å². The van der Waals surface area contributed by atoms with Crippen LogP contribution in [0.3, 0.4) is 0 Å². The van der Waals surface area contributed by atoms with Gasteiger partial charge in [-0.15, -0.1) is 0 Å². The third kappa shape index (κ3) is 3.95. The van der Waals surface area contributed by atoms with E-state index in [1.807, 2.05) is 67.6 Å². The number of ether oxygens (including phenoxy) is 1. The summed E-state index contributed by atoms with van der Waals surface area (Å²) in [6.45, 7) is 4.08. The molecule has 24 heavy (non-hydrogen) atoms. The molecule has 2 aromatic rings. The van der Waals surface area contributed by atoms with E-state index >= 15 is 0 Å². The largest absolute Gasteiger partial charge is 0.468 e. The minimum atomic E-state index is -2.92. The highest BCUT2D eigenvalue weighted by atomic mass is 31.2. The van der Waals surface area contributed by atoms with Crippen LogP contribution in [0.2, 0.25) is 0 Å². The standard InChI is InChI=1S/C19H24NO3P/c1-4-24(22,18-13-9-6-10-14-18)20(16(2)19(21)23-3)15-17-11-7-5-8-12-17/h5-14,16H,4,15H2,1-3H3/t16-,24?/m1/s1. The maximum absolute atomic E-state index is 13.9. The van der Waals surface area contributed by atoms with Crippen LogP contribution in [0.1, 0.15) is 19.4 Å². The Bertz CT molecular complexity index is 703. The minimum absolute atomic E-state index is 0.379. The summed E-state index contributed by atoms with van der Waals surface area (Å²) in [5, 5.41) is 0.763. The topological polar surface area (TPSA) is 46.6 Å². The molecule has 0 bridgehead atoms. The van der Waals surface area contributed by atoms with E-state index in [0.717, 1.165) is 10.9 Å². The molecule has 2 atom stereocenters. The number of esters is 1. The van der Waals surface area contributed by atoms with E-state index in [2.05, 4.69) is 0 Å². The minimum Gasteiger partial charge on any atom is -0.468 e. The molecule has 4 nitrogen and oxygen atoms in total. The molecule has 0 aromatic heterocycles. The molecule has 0 aliphatic carbocycles. The molecule has 5 heteroatoms. The van der Waals surface area contributed by atoms with Crippen LogP contribution in [0, 0.1) is 0 Å². The normalized spacial score (nSPS) is 14.8. The zero-order chi connectivity index (χ0) is 17.6. The van der Waals surface area contributed by atoms with Gasteiger partial charge in [0, 0.05) is 18.0 Å². The van der Waals surface area contributed by atoms with Gasteiger partial charge in [-0.05, 0) is 12.5 Å². The van der Waals surface area contributed by atoms with Crippen LogP contribution in [0.5, 0.6) is 0 Å². The Morgan fingerprint density at radius 2 is 1.62 bits per heavy atom. The van der Waals surface area contributed by atoms with Crippen molar-refractivity contribution in [1.82, 2.24) is 4.67 Å². The van der Waals surface area contributed by atoms with Crippen LogP contribution in [0.25, 0.3) is 0 Å². The van der Waals surface area contributed by atoms with E-state index in [1.165, 1.54) is 7.11 Å². The van der Waals surface area contributed by atoms with Gasteiger partial charge in [-0.3, -0.25) is 4.79 Å². The lowest BCUT2D eigenvalue weighted by atomic mass is 10.2. The summed E-state index contributed by atoms with van der Waals surface area (Å²) >= 11 is 0. The predicted molar refractivity (Wildman–Crippen MR) is 97.7 cm³/mol. The number of rotatable bonds is 7. The molecular formula is C19H24NO3P. The molecule has 0 radical (unpaired) electrons. The van der Waals surface area contributed by atoms with E-state index in [1.54, 1.807) is 11.6 Å². The second-order valence-electron chi connectivity index (χ2n) is 5.64. The van der Waals surface area contributed by atoms with Crippen LogP contribution in [-0.2, 0) is 20.6 Å². The molecule has 2 aromatic carbocycles. The Kier molecular flexibility index (Phi) is 6.36. The van der Waals surface area contributed by atoms with Gasteiger partial charge >= 0.3 is 5.97 Å². The molecule has 0 amide bonds. The summed E-state index contributed by atoms with van der Waals surface area (Å²) in [5.74, 6) is -0.379. The molecular weight excluding hydrogens is 321 g/mol. The number of benzene rings is 2. The van der Waals surface area contributed by atoms with Gasteiger partial charge < -0.3 is 9.30 Å². The molecule has 0 heterocycles. The summed E-state index contributed by atoms with van der Waals surface area (Å²) in [6.07, 6.45) is 0.450. The van der Waals surface area contributed by atoms with Crippen LogP contribution in [-0.4, -0.2) is 30.0 Å². The first-order chi connectivity index (χ1) is 11.5. The number of hydrogen-bond donors (Lipinski definition) is 0. The Balaban J connectivity index is 2.47. The second kappa shape index (κ2) is 8.27. The SMILES string of the molecule is CCP(=O)(c1ccccc1)N(Cc1ccccc1)[C@H](C)C(=O)OC. The van der Waals surface area contributed by atoms with Crippen LogP contribution in [0.4, 0.5) is 0 Å². The Morgan fingerprint density at radius 3 is 2.12 bits per heavy atom. The lowest BCUT2D eigenvalue weighted by Crippen LogP contribution is -2.40. The summed E-state index contributed by atoms with van der Waals surface area (Å²) in [5.41, 5.74) is 1.01. The Hall–Kier alpha value is -1.90. The number of carbonyl (C=O) groups excluding carboxylic acids is 1. The van der Waals surface area contributed by atoms with Crippen LogP contribution >= 0.6 is 7.29 Å². The third-order valence-corrected chi connectivity index (χ3v) is 7.46. The van der Waals surface area contributed by atoms with E-state index in [-0.39, 0.29) is 5.97 Å². The first-order valence-corrected chi connectivity index (χ1v) is 9.91. The predicted octanol–water partition coefficient (Wildman–Crippen LogP) is 3.67. The van der Waals surface area contributed by atoms with Crippen molar-refractivity contribution in [1.29, 1.82) is 0 Å². The zero-order valence-corrected chi connectivity index (χ0v) is 15.3. The van der Waals surface area contributed by atoms with Gasteiger partial charge in [0.25, 0.3) is 0 Å². The molecule has 0 spiro atoms. The number of carbonyl (C=O) groups is 1. The molecule has 0 N–H and O–H groups in total. The van der Waals surface area contributed by atoms with Gasteiger partial charge in [0.1, 0.15) is 6.04 Å². The fourth-order valence-corrected chi connectivity index (χ4v) is 5.48. The number of hydrogen-bond acceptors (Lipinski definition) is 3. The third-order valence-electron chi connectivity index (χ3n) is 4.18. The lowest BCUT2D eigenvalue weighted by Gasteiger charge is -2.35. The van der Waals surface area contributed by atoms with Gasteiger partial charge in [-0.25, -0.2) is 4.67 Å². The second-order valence-corrected chi connectivity index (χ2v) is 8.70. The van der Waals surface area contributed by atoms with Crippen molar-refractivity contribution in [2.75, 3.05) is 13.3 Å². The smallest absolute Gasteiger partial charge is 0.323 e. The average molecular weight is 345 g/mol. The molecule has 0 saturated heterocycles. The first kappa shape index (κ1) is 18.4. The summed E-state index contributed by atoms with van der Waals surface area (Å²) < 4.78 is 20.6. The van der Waals surface area contributed by atoms with E-state index in [4.69, 9.17) is 4.74 Å². The van der Waals surface area contributed by atoms with Crippen molar-refractivity contribution >= 4 is 18.6 Å². The quantitative estimate of drug-likeness (QED) is 0.567. The van der Waals surface area contributed by atoms with Gasteiger partial charge in [-0.1, -0.05) is 67.6 Å². The van der Waals surface area contributed by atoms with E-state index in [0.29, 0.717) is 12.7 Å². The lowest BCUT2D eigenvalue weighted by molar-refractivity contribution is -0.144. The Labute approximate surface area is 143 Å². The summed E-state index contributed by atoms with van der Waals surface area (Å²) in [4.78, 5) is 12.2. The zero-order valence-electron chi connectivity index (χ0n) is 14.4. The van der Waals surface area contributed by atoms with E-state index < -0.39 is 13.3 Å². The molecule has 0 saturated carbocycles. The van der Waals surface area contributed by atoms with Crippen LogP contribution in [0.15, 0.2) is 60.7 Å². The number of nitrogens with zero attached hydrogens (tertiary/aromatic N) is 1. The maximum Gasteiger partial charge on any atom is 0.323 e. The van der Waals surface area contributed by atoms with Gasteiger partial charge in [0.05, 0.1) is 7.11 Å². The van der Waals surface area contributed by atoms with Crippen molar-refractivity contribution in [2.24, 2.45) is 0 Å². The molecule has 0 fully saturated rings. The summed E-state index contributed by atoms with van der Waals surface area (Å²) in [6, 6.07) is 18.6. The Morgan fingerprint density at radius 1 is 1.08 bits per heavy atom. The summed E-state index contributed by atoms with van der Waals surface area (Å²) in [7, 11) is -1.56. The fourth-order valence-electron chi connectivity index (χ4n) is 2.77.